The van der Waals surface area contributed by atoms with Gasteiger partial charge in [0.2, 0.25) is 0 Å². The van der Waals surface area contributed by atoms with Crippen molar-refractivity contribution in [2.75, 3.05) is 0 Å². The molecule has 0 aromatic rings. The van der Waals surface area contributed by atoms with Gasteiger partial charge in [-0.15, -0.1) is 0 Å². The summed E-state index contributed by atoms with van der Waals surface area (Å²) in [5.41, 5.74) is 0.846. The number of cyclic esters (lactones) is 1. The molecule has 0 N–H and O–H groups in total. The Bertz CT molecular complexity index is 1120. The molecule has 1 unspecified atom stereocenters. The summed E-state index contributed by atoms with van der Waals surface area (Å²) < 4.78 is 35.4. The highest BCUT2D eigenvalue weighted by Gasteiger charge is 2.42. The number of unbranched alkanes of at least 4 members (excludes halogenated alkanes) is 12. The molecule has 3 aliphatic heterocycles. The van der Waals surface area contributed by atoms with E-state index in [1.165, 1.54) is 65.7 Å². The number of hydrogen-bond acceptors (Lipinski definition) is 10. The SMILES string of the molecule is CCCCCCC(CCC[C@@H](OC(C)=O)[C@H]1CC[C@H]([C@H]2CC[C@H]([C@@H](CCCCCCCCCCCCC3=C[C@H](C)OC3=O)OC(C)=O)O2)O1)OC(C)=O. The average molecular weight is 749 g/mol. The molecular weight excluding hydrogens is 676 g/mol. The van der Waals surface area contributed by atoms with E-state index < -0.39 is 0 Å². The molecule has 10 heteroatoms. The van der Waals surface area contributed by atoms with E-state index in [4.69, 9.17) is 28.4 Å². The standard InChI is InChI=1S/C43H72O10/c1-6-7-8-18-22-36(49-32(3)44)23-20-25-38(51-34(5)46)40-27-29-42(53-40)41-28-26-39(52-41)37(50-33(4)45)24-19-16-14-12-10-9-11-13-15-17-21-35-30-31(2)48-43(35)47/h30-31,36-42H,6-29H2,1-5H3/t31-,36?,37+,38+,39+,40+,41+,42+/m0/s1. The predicted molar refractivity (Wildman–Crippen MR) is 204 cm³/mol. The Kier molecular flexibility index (Phi) is 21.7. The second-order valence-electron chi connectivity index (χ2n) is 15.8. The maximum Gasteiger partial charge on any atom is 0.334 e. The zero-order valence-corrected chi connectivity index (χ0v) is 33.7. The Morgan fingerprint density at radius 2 is 1.08 bits per heavy atom. The van der Waals surface area contributed by atoms with E-state index in [0.717, 1.165) is 108 Å². The van der Waals surface area contributed by atoms with E-state index in [1.807, 2.05) is 13.0 Å². The lowest BCUT2D eigenvalue weighted by molar-refractivity contribution is -0.164. The van der Waals surface area contributed by atoms with Gasteiger partial charge >= 0.3 is 23.9 Å². The Labute approximate surface area is 320 Å². The average Bonchev–Trinajstić information content (AvgIpc) is 3.85. The van der Waals surface area contributed by atoms with Crippen molar-refractivity contribution in [3.05, 3.63) is 11.6 Å². The first-order chi connectivity index (χ1) is 25.5. The van der Waals surface area contributed by atoms with Crippen LogP contribution in [0.2, 0.25) is 0 Å². The minimum absolute atomic E-state index is 0.0718. The molecule has 0 radical (unpaired) electrons. The molecule has 0 aromatic heterocycles. The van der Waals surface area contributed by atoms with Crippen LogP contribution in [0.25, 0.3) is 0 Å². The van der Waals surface area contributed by atoms with Gasteiger partial charge in [-0.1, -0.05) is 77.6 Å². The molecule has 3 aliphatic rings. The van der Waals surface area contributed by atoms with Crippen molar-refractivity contribution in [3.8, 4) is 0 Å². The fraction of sp³-hybridized carbons (Fsp3) is 0.860. The van der Waals surface area contributed by atoms with Crippen LogP contribution in [-0.2, 0) is 47.6 Å². The van der Waals surface area contributed by atoms with Gasteiger partial charge in [0.25, 0.3) is 0 Å². The van der Waals surface area contributed by atoms with Crippen molar-refractivity contribution in [1.29, 1.82) is 0 Å². The van der Waals surface area contributed by atoms with Crippen molar-refractivity contribution in [1.82, 2.24) is 0 Å². The summed E-state index contributed by atoms with van der Waals surface area (Å²) in [5.74, 6) is -0.973. The monoisotopic (exact) mass is 749 g/mol. The molecule has 3 heterocycles. The summed E-state index contributed by atoms with van der Waals surface area (Å²) in [7, 11) is 0. The number of ether oxygens (including phenoxy) is 6. The second kappa shape index (κ2) is 25.6. The van der Waals surface area contributed by atoms with Gasteiger partial charge in [0, 0.05) is 26.3 Å². The molecule has 0 spiro atoms. The Morgan fingerprint density at radius 1 is 0.623 bits per heavy atom. The molecule has 0 amide bonds. The van der Waals surface area contributed by atoms with Crippen LogP contribution in [0, 0.1) is 0 Å². The molecular formula is C43H72O10. The summed E-state index contributed by atoms with van der Waals surface area (Å²) in [6, 6.07) is 0. The van der Waals surface area contributed by atoms with Crippen LogP contribution < -0.4 is 0 Å². The number of carbonyl (C=O) groups excluding carboxylic acids is 4. The Hall–Kier alpha value is -2.46. The normalized spacial score (nSPS) is 24.4. The highest BCUT2D eigenvalue weighted by atomic mass is 16.6. The highest BCUT2D eigenvalue weighted by molar-refractivity contribution is 5.90. The van der Waals surface area contributed by atoms with Crippen molar-refractivity contribution >= 4 is 23.9 Å². The third-order valence-electron chi connectivity index (χ3n) is 11.0. The van der Waals surface area contributed by atoms with E-state index in [2.05, 4.69) is 6.92 Å². The minimum atomic E-state index is -0.348. The lowest BCUT2D eigenvalue weighted by Gasteiger charge is -2.27. The first-order valence-electron chi connectivity index (χ1n) is 21.3. The van der Waals surface area contributed by atoms with Crippen molar-refractivity contribution in [3.63, 3.8) is 0 Å². The highest BCUT2D eigenvalue weighted by Crippen LogP contribution is 2.36. The van der Waals surface area contributed by atoms with E-state index >= 15 is 0 Å². The molecule has 8 atom stereocenters. The molecule has 2 fully saturated rings. The molecule has 0 saturated carbocycles. The zero-order chi connectivity index (χ0) is 38.4. The summed E-state index contributed by atoms with van der Waals surface area (Å²) in [5, 5.41) is 0. The van der Waals surface area contributed by atoms with Gasteiger partial charge < -0.3 is 28.4 Å². The van der Waals surface area contributed by atoms with E-state index in [-0.39, 0.29) is 72.7 Å². The van der Waals surface area contributed by atoms with E-state index in [9.17, 15) is 19.2 Å². The van der Waals surface area contributed by atoms with Gasteiger partial charge in [0.1, 0.15) is 24.4 Å². The lowest BCUT2D eigenvalue weighted by atomic mass is 9.99. The van der Waals surface area contributed by atoms with Gasteiger partial charge in [0.15, 0.2) is 0 Å². The molecule has 2 saturated heterocycles. The van der Waals surface area contributed by atoms with Crippen molar-refractivity contribution < 1.29 is 47.6 Å². The Balaban J connectivity index is 1.32. The quantitative estimate of drug-likeness (QED) is 0.0434. The molecule has 10 nitrogen and oxygen atoms in total. The van der Waals surface area contributed by atoms with E-state index in [1.54, 1.807) is 0 Å². The largest absolute Gasteiger partial charge is 0.463 e. The third-order valence-corrected chi connectivity index (χ3v) is 11.0. The molecule has 304 valence electrons. The molecule has 53 heavy (non-hydrogen) atoms. The number of hydrogen-bond donors (Lipinski definition) is 0. The number of rotatable bonds is 28. The van der Waals surface area contributed by atoms with Crippen LogP contribution in [0.5, 0.6) is 0 Å². The molecule has 3 rings (SSSR count). The number of esters is 4. The first kappa shape index (κ1) is 44.9. The van der Waals surface area contributed by atoms with Crippen LogP contribution in [-0.4, -0.2) is 72.7 Å². The third kappa shape index (κ3) is 18.2. The summed E-state index contributed by atoms with van der Waals surface area (Å²) in [4.78, 5) is 47.5. The van der Waals surface area contributed by atoms with Crippen molar-refractivity contribution in [2.24, 2.45) is 0 Å². The van der Waals surface area contributed by atoms with Gasteiger partial charge in [-0.05, 0) is 96.5 Å². The van der Waals surface area contributed by atoms with Gasteiger partial charge in [-0.2, -0.15) is 0 Å². The predicted octanol–water partition coefficient (Wildman–Crippen LogP) is 9.57. The summed E-state index contributed by atoms with van der Waals surface area (Å²) in [6.07, 6.45) is 24.8. The second-order valence-corrected chi connectivity index (χ2v) is 15.8. The molecule has 0 aromatic carbocycles. The lowest BCUT2D eigenvalue weighted by Crippen LogP contribution is -2.35. The maximum atomic E-state index is 12.0. The molecule has 0 aliphatic carbocycles. The Morgan fingerprint density at radius 3 is 1.57 bits per heavy atom. The summed E-state index contributed by atoms with van der Waals surface area (Å²) in [6.45, 7) is 8.46. The summed E-state index contributed by atoms with van der Waals surface area (Å²) >= 11 is 0. The van der Waals surface area contributed by atoms with Gasteiger partial charge in [0.05, 0.1) is 24.4 Å². The van der Waals surface area contributed by atoms with Crippen molar-refractivity contribution in [2.45, 2.75) is 238 Å². The fourth-order valence-corrected chi connectivity index (χ4v) is 8.27. The van der Waals surface area contributed by atoms with Crippen LogP contribution in [0.1, 0.15) is 189 Å². The number of carbonyl (C=O) groups is 4. The smallest absolute Gasteiger partial charge is 0.334 e. The fourth-order valence-electron chi connectivity index (χ4n) is 8.27. The van der Waals surface area contributed by atoms with Gasteiger partial charge in [-0.3, -0.25) is 14.4 Å². The minimum Gasteiger partial charge on any atom is -0.463 e. The van der Waals surface area contributed by atoms with Crippen LogP contribution in [0.4, 0.5) is 0 Å². The van der Waals surface area contributed by atoms with Crippen LogP contribution >= 0.6 is 0 Å². The molecule has 0 bridgehead atoms. The first-order valence-corrected chi connectivity index (χ1v) is 21.3. The zero-order valence-electron chi connectivity index (χ0n) is 33.7. The van der Waals surface area contributed by atoms with Crippen LogP contribution in [0.15, 0.2) is 11.6 Å². The van der Waals surface area contributed by atoms with Crippen LogP contribution in [0.3, 0.4) is 0 Å². The van der Waals surface area contributed by atoms with E-state index in [0.29, 0.717) is 6.42 Å². The van der Waals surface area contributed by atoms with Gasteiger partial charge in [-0.25, -0.2) is 4.79 Å². The topological polar surface area (TPSA) is 124 Å². The maximum absolute atomic E-state index is 12.0.